The second-order valence-corrected chi connectivity index (χ2v) is 3.80. The highest BCUT2D eigenvalue weighted by Crippen LogP contribution is 2.22. The van der Waals surface area contributed by atoms with Crippen molar-refractivity contribution in [2.45, 2.75) is 25.9 Å². The highest BCUT2D eigenvalue weighted by atomic mass is 19.4. The van der Waals surface area contributed by atoms with Gasteiger partial charge in [-0.3, -0.25) is 0 Å². The molecular formula is C10H11F3N2O3. The fraction of sp³-hybridized carbons (Fsp3) is 0.500. The Morgan fingerprint density at radius 2 is 2.11 bits per heavy atom. The molecule has 0 aliphatic heterocycles. The molecule has 1 N–H and O–H groups in total. The van der Waals surface area contributed by atoms with E-state index in [0.717, 1.165) is 6.20 Å². The lowest BCUT2D eigenvalue weighted by Gasteiger charge is -2.12. The van der Waals surface area contributed by atoms with E-state index in [1.165, 1.54) is 0 Å². The summed E-state index contributed by atoms with van der Waals surface area (Å²) in [4.78, 5) is 18.3. The Morgan fingerprint density at radius 1 is 1.50 bits per heavy atom. The van der Waals surface area contributed by atoms with Crippen LogP contribution in [0.2, 0.25) is 0 Å². The van der Waals surface area contributed by atoms with Gasteiger partial charge in [-0.2, -0.15) is 13.2 Å². The number of halogens is 3. The first kappa shape index (κ1) is 14.2. The third-order valence-electron chi connectivity index (χ3n) is 1.88. The SMILES string of the molecule is CC(C)c1ncc(OCC(F)(F)F)c(C(=O)O)n1. The van der Waals surface area contributed by atoms with Crippen LogP contribution in [0.3, 0.4) is 0 Å². The summed E-state index contributed by atoms with van der Waals surface area (Å²) in [5.41, 5.74) is -0.571. The average molecular weight is 264 g/mol. The van der Waals surface area contributed by atoms with Crippen LogP contribution in [-0.2, 0) is 0 Å². The van der Waals surface area contributed by atoms with Crippen molar-refractivity contribution in [3.05, 3.63) is 17.7 Å². The van der Waals surface area contributed by atoms with E-state index >= 15 is 0 Å². The highest BCUT2D eigenvalue weighted by molar-refractivity contribution is 5.88. The molecule has 0 fully saturated rings. The number of alkyl halides is 3. The molecule has 0 amide bonds. The Morgan fingerprint density at radius 3 is 2.56 bits per heavy atom. The van der Waals surface area contributed by atoms with Crippen LogP contribution >= 0.6 is 0 Å². The number of ether oxygens (including phenoxy) is 1. The lowest BCUT2D eigenvalue weighted by atomic mass is 10.2. The number of carbonyl (C=O) groups is 1. The number of carboxylic acid groups (broad SMARTS) is 1. The van der Waals surface area contributed by atoms with Gasteiger partial charge in [-0.05, 0) is 0 Å². The lowest BCUT2D eigenvalue weighted by Crippen LogP contribution is -2.21. The van der Waals surface area contributed by atoms with Gasteiger partial charge in [-0.25, -0.2) is 14.8 Å². The van der Waals surface area contributed by atoms with Crippen molar-refractivity contribution in [1.82, 2.24) is 9.97 Å². The molecule has 0 aliphatic carbocycles. The molecule has 1 heterocycles. The molecule has 0 aliphatic rings. The fourth-order valence-electron chi connectivity index (χ4n) is 1.08. The second kappa shape index (κ2) is 5.19. The Kier molecular flexibility index (Phi) is 4.10. The van der Waals surface area contributed by atoms with Gasteiger partial charge in [0.25, 0.3) is 0 Å². The van der Waals surface area contributed by atoms with Gasteiger partial charge in [0.1, 0.15) is 5.82 Å². The Labute approximate surface area is 101 Å². The predicted molar refractivity (Wildman–Crippen MR) is 54.6 cm³/mol. The molecule has 100 valence electrons. The van der Waals surface area contributed by atoms with Crippen molar-refractivity contribution in [2.75, 3.05) is 6.61 Å². The molecule has 5 nitrogen and oxygen atoms in total. The summed E-state index contributed by atoms with van der Waals surface area (Å²) in [7, 11) is 0. The Bertz CT molecular complexity index is 446. The van der Waals surface area contributed by atoms with E-state index in [9.17, 15) is 18.0 Å². The highest BCUT2D eigenvalue weighted by Gasteiger charge is 2.29. The minimum atomic E-state index is -4.55. The number of aromatic nitrogens is 2. The maximum absolute atomic E-state index is 12.0. The van der Waals surface area contributed by atoms with Crippen LogP contribution in [0.5, 0.6) is 5.75 Å². The number of rotatable bonds is 4. The van der Waals surface area contributed by atoms with E-state index in [1.54, 1.807) is 13.8 Å². The molecule has 0 saturated carbocycles. The number of aromatic carboxylic acids is 1. The van der Waals surface area contributed by atoms with E-state index in [2.05, 4.69) is 14.7 Å². The van der Waals surface area contributed by atoms with Gasteiger partial charge in [0.05, 0.1) is 6.20 Å². The van der Waals surface area contributed by atoms with Gasteiger partial charge < -0.3 is 9.84 Å². The number of hydrogen-bond acceptors (Lipinski definition) is 4. The summed E-state index contributed by atoms with van der Waals surface area (Å²) in [6, 6.07) is 0. The molecule has 0 atom stereocenters. The molecule has 0 aromatic carbocycles. The van der Waals surface area contributed by atoms with Crippen LogP contribution < -0.4 is 4.74 Å². The lowest BCUT2D eigenvalue weighted by molar-refractivity contribution is -0.153. The summed E-state index contributed by atoms with van der Waals surface area (Å²) in [5.74, 6) is -1.87. The second-order valence-electron chi connectivity index (χ2n) is 3.80. The zero-order valence-corrected chi connectivity index (χ0v) is 9.65. The van der Waals surface area contributed by atoms with E-state index in [1.807, 2.05) is 0 Å². The van der Waals surface area contributed by atoms with Crippen LogP contribution in [0.1, 0.15) is 36.1 Å². The molecule has 8 heteroatoms. The molecular weight excluding hydrogens is 253 g/mol. The van der Waals surface area contributed by atoms with Crippen LogP contribution in [-0.4, -0.2) is 33.8 Å². The quantitative estimate of drug-likeness (QED) is 0.902. The van der Waals surface area contributed by atoms with Gasteiger partial charge in [0.2, 0.25) is 0 Å². The summed E-state index contributed by atoms with van der Waals surface area (Å²) in [6.45, 7) is 1.88. The maximum Gasteiger partial charge on any atom is 0.422 e. The van der Waals surface area contributed by atoms with Crippen molar-refractivity contribution < 1.29 is 27.8 Å². The monoisotopic (exact) mass is 264 g/mol. The first-order valence-corrected chi connectivity index (χ1v) is 5.00. The van der Waals surface area contributed by atoms with Crippen molar-refractivity contribution >= 4 is 5.97 Å². The molecule has 0 radical (unpaired) electrons. The van der Waals surface area contributed by atoms with E-state index in [-0.39, 0.29) is 11.7 Å². The zero-order valence-electron chi connectivity index (χ0n) is 9.65. The number of carboxylic acids is 1. The van der Waals surface area contributed by atoms with Gasteiger partial charge in [0, 0.05) is 5.92 Å². The summed E-state index contributed by atoms with van der Waals surface area (Å²) in [6.07, 6.45) is -3.61. The molecule has 1 aromatic heterocycles. The van der Waals surface area contributed by atoms with Crippen LogP contribution in [0.15, 0.2) is 6.20 Å². The molecule has 0 bridgehead atoms. The first-order valence-electron chi connectivity index (χ1n) is 5.00. The largest absolute Gasteiger partial charge is 0.480 e. The van der Waals surface area contributed by atoms with Crippen LogP contribution in [0, 0.1) is 0 Å². The van der Waals surface area contributed by atoms with Gasteiger partial charge in [0.15, 0.2) is 18.1 Å². The molecule has 1 rings (SSSR count). The molecule has 18 heavy (non-hydrogen) atoms. The van der Waals surface area contributed by atoms with Gasteiger partial charge >= 0.3 is 12.1 Å². The standard InChI is InChI=1S/C10H11F3N2O3/c1-5(2)8-14-3-6(7(15-8)9(16)17)18-4-10(11,12)13/h3,5H,4H2,1-2H3,(H,16,17). The topological polar surface area (TPSA) is 72.3 Å². The predicted octanol–water partition coefficient (Wildman–Crippen LogP) is 2.24. The summed E-state index contributed by atoms with van der Waals surface area (Å²) in [5, 5.41) is 8.85. The van der Waals surface area contributed by atoms with Crippen molar-refractivity contribution in [3.63, 3.8) is 0 Å². The summed E-state index contributed by atoms with van der Waals surface area (Å²) >= 11 is 0. The smallest absolute Gasteiger partial charge is 0.422 e. The van der Waals surface area contributed by atoms with Crippen molar-refractivity contribution in [1.29, 1.82) is 0 Å². The van der Waals surface area contributed by atoms with E-state index in [0.29, 0.717) is 0 Å². The Hall–Kier alpha value is -1.86. The van der Waals surface area contributed by atoms with E-state index < -0.39 is 30.2 Å². The number of nitrogens with zero attached hydrogens (tertiary/aromatic N) is 2. The fourth-order valence-corrected chi connectivity index (χ4v) is 1.08. The average Bonchev–Trinajstić information content (AvgIpc) is 2.24. The number of hydrogen-bond donors (Lipinski definition) is 1. The molecule has 0 spiro atoms. The van der Waals surface area contributed by atoms with Crippen molar-refractivity contribution in [3.8, 4) is 5.75 Å². The zero-order chi connectivity index (χ0) is 13.9. The van der Waals surface area contributed by atoms with E-state index in [4.69, 9.17) is 5.11 Å². The van der Waals surface area contributed by atoms with Crippen LogP contribution in [0.25, 0.3) is 0 Å². The third-order valence-corrected chi connectivity index (χ3v) is 1.88. The maximum atomic E-state index is 12.0. The minimum Gasteiger partial charge on any atom is -0.480 e. The molecule has 0 saturated heterocycles. The van der Waals surface area contributed by atoms with Crippen LogP contribution in [0.4, 0.5) is 13.2 Å². The van der Waals surface area contributed by atoms with Gasteiger partial charge in [-0.1, -0.05) is 13.8 Å². The third kappa shape index (κ3) is 3.86. The summed E-state index contributed by atoms with van der Waals surface area (Å²) < 4.78 is 40.3. The minimum absolute atomic E-state index is 0.139. The van der Waals surface area contributed by atoms with Crippen molar-refractivity contribution in [2.24, 2.45) is 0 Å². The molecule has 1 aromatic rings. The van der Waals surface area contributed by atoms with Gasteiger partial charge in [-0.15, -0.1) is 0 Å². The normalized spacial score (nSPS) is 11.7. The Balaban J connectivity index is 3.01. The molecule has 0 unspecified atom stereocenters. The first-order chi connectivity index (χ1) is 8.20.